The van der Waals surface area contributed by atoms with Gasteiger partial charge in [0.2, 0.25) is 0 Å². The van der Waals surface area contributed by atoms with Crippen molar-refractivity contribution in [3.05, 3.63) is 45.4 Å². The van der Waals surface area contributed by atoms with Crippen LogP contribution in [0.5, 0.6) is 0 Å². The molecular formula is C17H22BrNO2. The molecule has 4 heteroatoms. The van der Waals surface area contributed by atoms with E-state index < -0.39 is 0 Å². The van der Waals surface area contributed by atoms with Gasteiger partial charge in [-0.15, -0.1) is 0 Å². The number of benzene rings is 1. The summed E-state index contributed by atoms with van der Waals surface area (Å²) in [6.07, 6.45) is 8.72. The molecule has 0 atom stereocenters. The van der Waals surface area contributed by atoms with Crippen LogP contribution in [0.15, 0.2) is 34.3 Å². The minimum Gasteiger partial charge on any atom is -0.465 e. The second-order valence-electron chi connectivity index (χ2n) is 5.33. The van der Waals surface area contributed by atoms with Crippen molar-refractivity contribution in [1.82, 2.24) is 5.32 Å². The Balaban J connectivity index is 1.80. The van der Waals surface area contributed by atoms with Crippen molar-refractivity contribution in [3.8, 4) is 0 Å². The van der Waals surface area contributed by atoms with E-state index in [1.165, 1.54) is 32.8 Å². The largest absolute Gasteiger partial charge is 0.465 e. The van der Waals surface area contributed by atoms with E-state index in [1.54, 1.807) is 11.6 Å². The van der Waals surface area contributed by atoms with Crippen LogP contribution in [0.4, 0.5) is 0 Å². The van der Waals surface area contributed by atoms with Crippen LogP contribution in [0.2, 0.25) is 0 Å². The first-order chi connectivity index (χ1) is 10.2. The van der Waals surface area contributed by atoms with Crippen molar-refractivity contribution in [2.45, 2.75) is 38.6 Å². The van der Waals surface area contributed by atoms with Gasteiger partial charge in [0.25, 0.3) is 0 Å². The standard InChI is InChI=1S/C17H22BrNO2/c1-21-17(20)14-7-8-15(16(18)11-14)12-19-10-9-13-5-3-2-4-6-13/h5,7-8,11,19H,2-4,6,9-10,12H2,1H3. The van der Waals surface area contributed by atoms with Gasteiger partial charge in [-0.3, -0.25) is 0 Å². The van der Waals surface area contributed by atoms with E-state index in [4.69, 9.17) is 4.74 Å². The van der Waals surface area contributed by atoms with Gasteiger partial charge < -0.3 is 10.1 Å². The number of hydrogen-bond acceptors (Lipinski definition) is 3. The van der Waals surface area contributed by atoms with Crippen LogP contribution in [-0.4, -0.2) is 19.6 Å². The molecule has 0 heterocycles. The molecule has 21 heavy (non-hydrogen) atoms. The maximum atomic E-state index is 11.4. The molecule has 2 rings (SSSR count). The molecule has 1 aliphatic rings. The number of methoxy groups -OCH3 is 1. The number of rotatable bonds is 6. The highest BCUT2D eigenvalue weighted by Crippen LogP contribution is 2.21. The highest BCUT2D eigenvalue weighted by Gasteiger charge is 2.08. The van der Waals surface area contributed by atoms with Crippen LogP contribution in [0.3, 0.4) is 0 Å². The maximum absolute atomic E-state index is 11.4. The molecule has 0 unspecified atom stereocenters. The molecule has 1 aromatic rings. The molecule has 3 nitrogen and oxygen atoms in total. The first-order valence-corrected chi connectivity index (χ1v) is 8.25. The third-order valence-corrected chi connectivity index (χ3v) is 4.54. The topological polar surface area (TPSA) is 38.3 Å². The molecular weight excluding hydrogens is 330 g/mol. The zero-order valence-corrected chi connectivity index (χ0v) is 14.0. The number of allylic oxidation sites excluding steroid dienone is 1. The number of esters is 1. The van der Waals surface area contributed by atoms with Crippen LogP contribution in [0, 0.1) is 0 Å². The average Bonchev–Trinajstić information content (AvgIpc) is 2.53. The lowest BCUT2D eigenvalue weighted by molar-refractivity contribution is 0.0600. The second-order valence-corrected chi connectivity index (χ2v) is 6.19. The molecule has 0 aliphatic heterocycles. The van der Waals surface area contributed by atoms with E-state index in [9.17, 15) is 4.79 Å². The molecule has 1 aromatic carbocycles. The van der Waals surface area contributed by atoms with Gasteiger partial charge in [0.1, 0.15) is 0 Å². The average molecular weight is 352 g/mol. The normalized spacial score (nSPS) is 14.7. The van der Waals surface area contributed by atoms with Crippen molar-refractivity contribution in [3.63, 3.8) is 0 Å². The molecule has 0 saturated heterocycles. The summed E-state index contributed by atoms with van der Waals surface area (Å²) >= 11 is 3.51. The fraction of sp³-hybridized carbons (Fsp3) is 0.471. The fourth-order valence-electron chi connectivity index (χ4n) is 2.54. The third-order valence-electron chi connectivity index (χ3n) is 3.80. The summed E-state index contributed by atoms with van der Waals surface area (Å²) in [5, 5.41) is 3.47. The lowest BCUT2D eigenvalue weighted by Crippen LogP contribution is -2.16. The van der Waals surface area contributed by atoms with E-state index in [-0.39, 0.29) is 5.97 Å². The Bertz CT molecular complexity index is 526. The Morgan fingerprint density at radius 3 is 2.90 bits per heavy atom. The van der Waals surface area contributed by atoms with Crippen molar-refractivity contribution in [2.75, 3.05) is 13.7 Å². The van der Waals surface area contributed by atoms with Gasteiger partial charge >= 0.3 is 5.97 Å². The molecule has 0 amide bonds. The third kappa shape index (κ3) is 4.97. The van der Waals surface area contributed by atoms with E-state index in [1.807, 2.05) is 12.1 Å². The fourth-order valence-corrected chi connectivity index (χ4v) is 3.06. The van der Waals surface area contributed by atoms with Crippen LogP contribution in [0.1, 0.15) is 48.0 Å². The summed E-state index contributed by atoms with van der Waals surface area (Å²) in [7, 11) is 1.39. The second kappa shape index (κ2) is 8.35. The molecule has 0 fully saturated rings. The lowest BCUT2D eigenvalue weighted by atomic mass is 9.97. The summed E-state index contributed by atoms with van der Waals surface area (Å²) in [5.74, 6) is -0.306. The molecule has 1 aliphatic carbocycles. The van der Waals surface area contributed by atoms with Gasteiger partial charge in [-0.1, -0.05) is 33.6 Å². The summed E-state index contributed by atoms with van der Waals surface area (Å²) in [5.41, 5.74) is 3.31. The number of nitrogens with one attached hydrogen (secondary N) is 1. The number of carbonyl (C=O) groups is 1. The number of carbonyl (C=O) groups excluding carboxylic acids is 1. The minimum absolute atomic E-state index is 0.306. The molecule has 1 N–H and O–H groups in total. The Kier molecular flexibility index (Phi) is 6.46. The predicted molar refractivity (Wildman–Crippen MR) is 88.4 cm³/mol. The zero-order valence-electron chi connectivity index (χ0n) is 12.5. The molecule has 0 saturated carbocycles. The van der Waals surface area contributed by atoms with E-state index in [0.29, 0.717) is 5.56 Å². The number of halogens is 1. The van der Waals surface area contributed by atoms with E-state index >= 15 is 0 Å². The Labute approximate surface area is 134 Å². The van der Waals surface area contributed by atoms with Crippen molar-refractivity contribution < 1.29 is 9.53 Å². The van der Waals surface area contributed by atoms with Crippen LogP contribution in [0.25, 0.3) is 0 Å². The van der Waals surface area contributed by atoms with Crippen LogP contribution >= 0.6 is 15.9 Å². The maximum Gasteiger partial charge on any atom is 0.337 e. The molecule has 0 bridgehead atoms. The summed E-state index contributed by atoms with van der Waals surface area (Å²) in [6.45, 7) is 1.80. The highest BCUT2D eigenvalue weighted by atomic mass is 79.9. The highest BCUT2D eigenvalue weighted by molar-refractivity contribution is 9.10. The van der Waals surface area contributed by atoms with E-state index in [0.717, 1.165) is 29.5 Å². The minimum atomic E-state index is -0.306. The van der Waals surface area contributed by atoms with Crippen molar-refractivity contribution in [2.24, 2.45) is 0 Å². The van der Waals surface area contributed by atoms with Gasteiger partial charge in [-0.25, -0.2) is 4.79 Å². The number of ether oxygens (including phenoxy) is 1. The van der Waals surface area contributed by atoms with Gasteiger partial charge in [-0.05, 0) is 56.3 Å². The van der Waals surface area contributed by atoms with Gasteiger partial charge in [0.05, 0.1) is 12.7 Å². The first-order valence-electron chi connectivity index (χ1n) is 7.46. The predicted octanol–water partition coefficient (Wildman–Crippen LogP) is 4.22. The number of hydrogen-bond donors (Lipinski definition) is 1. The summed E-state index contributed by atoms with van der Waals surface area (Å²) < 4.78 is 5.65. The quantitative estimate of drug-likeness (QED) is 0.473. The van der Waals surface area contributed by atoms with Gasteiger partial charge in [-0.2, -0.15) is 0 Å². The van der Waals surface area contributed by atoms with E-state index in [2.05, 4.69) is 27.3 Å². The summed E-state index contributed by atoms with van der Waals surface area (Å²) in [4.78, 5) is 11.4. The lowest BCUT2D eigenvalue weighted by Gasteiger charge is -2.13. The molecule has 0 radical (unpaired) electrons. The smallest absolute Gasteiger partial charge is 0.337 e. The Morgan fingerprint density at radius 2 is 2.24 bits per heavy atom. The Hall–Kier alpha value is -1.13. The molecule has 114 valence electrons. The van der Waals surface area contributed by atoms with Crippen LogP contribution < -0.4 is 5.32 Å². The van der Waals surface area contributed by atoms with Crippen molar-refractivity contribution in [1.29, 1.82) is 0 Å². The van der Waals surface area contributed by atoms with Crippen molar-refractivity contribution >= 4 is 21.9 Å². The molecule has 0 aromatic heterocycles. The monoisotopic (exact) mass is 351 g/mol. The summed E-state index contributed by atoms with van der Waals surface area (Å²) in [6, 6.07) is 5.58. The SMILES string of the molecule is COC(=O)c1ccc(CNCCC2=CCCCC2)c(Br)c1. The van der Waals surface area contributed by atoms with Gasteiger partial charge in [0.15, 0.2) is 0 Å². The van der Waals surface area contributed by atoms with Gasteiger partial charge in [0, 0.05) is 11.0 Å². The molecule has 0 spiro atoms. The zero-order chi connectivity index (χ0) is 15.1. The van der Waals surface area contributed by atoms with Crippen LogP contribution in [-0.2, 0) is 11.3 Å². The first kappa shape index (κ1) is 16.2. The Morgan fingerprint density at radius 1 is 1.38 bits per heavy atom.